The van der Waals surface area contributed by atoms with E-state index in [9.17, 15) is 14.4 Å². The van der Waals surface area contributed by atoms with Crippen LogP contribution in [0.15, 0.2) is 84.8 Å². The van der Waals surface area contributed by atoms with E-state index in [1.54, 1.807) is 0 Å². The Hall–Kier alpha value is -3.99. The highest BCUT2D eigenvalue weighted by molar-refractivity contribution is 5.94. The standard InChI is InChI=1S/C43H61N5O5.C2H6.4H2/c1-28(2)22-36(40(50)42(7)27-52-42)44-31(6)35(25-33-16-12-9-13-17-33)45-41(51)37(23-29(3)4)47-43(20-21-43)38(19-18-32-14-10-8-11-15-32)46-39(49)26-34-24-30(5)53-48-34;1-2;;;;/h8-17,24,28-29,34-38,44,47-48H,6,18-23,25-27H2,1-5,7H3,(H,45,51)(H,46,49);1-2H3;4*1H. The molecule has 0 radical (unpaired) electrons. The maximum Gasteiger partial charge on any atom is 0.237 e. The van der Waals surface area contributed by atoms with Gasteiger partial charge >= 0.3 is 0 Å². The Bertz CT molecular complexity index is 1610. The van der Waals surface area contributed by atoms with Crippen molar-refractivity contribution in [2.75, 3.05) is 6.61 Å². The molecule has 2 aromatic carbocycles. The van der Waals surface area contributed by atoms with Crippen LogP contribution in [0.4, 0.5) is 0 Å². The number of amides is 2. The fourth-order valence-corrected chi connectivity index (χ4v) is 7.32. The van der Waals surface area contributed by atoms with Crippen LogP contribution in [0.5, 0.6) is 0 Å². The Morgan fingerprint density at radius 2 is 1.45 bits per heavy atom. The Kier molecular flexibility index (Phi) is 16.1. The quantitative estimate of drug-likeness (QED) is 0.0782. The molecular formula is C45H75N5O5. The van der Waals surface area contributed by atoms with Gasteiger partial charge in [0.15, 0.2) is 5.78 Å². The molecule has 10 nitrogen and oxygen atoms in total. The van der Waals surface area contributed by atoms with E-state index in [1.807, 2.05) is 82.3 Å². The Balaban J connectivity index is 0.00000552. The normalized spacial score (nSPS) is 21.5. The molecule has 2 amide bonds. The number of hydrogen-bond donors (Lipinski definition) is 5. The molecule has 6 unspecified atom stereocenters. The molecule has 0 spiro atoms. The molecule has 3 aliphatic rings. The maximum absolute atomic E-state index is 14.5. The number of ketones is 1. The number of hydrogen-bond acceptors (Lipinski definition) is 8. The molecule has 1 saturated carbocycles. The molecule has 5 rings (SSSR count). The van der Waals surface area contributed by atoms with E-state index < -0.39 is 29.3 Å². The molecule has 10 heteroatoms. The molecule has 1 aliphatic carbocycles. The number of aryl methyl sites for hydroxylation is 1. The molecule has 310 valence electrons. The lowest BCUT2D eigenvalue weighted by Gasteiger charge is -2.35. The number of hydroxylamine groups is 1. The molecule has 55 heavy (non-hydrogen) atoms. The molecule has 0 bridgehead atoms. The second-order valence-electron chi connectivity index (χ2n) is 16.4. The van der Waals surface area contributed by atoms with Crippen molar-refractivity contribution >= 4 is 17.6 Å². The van der Waals surface area contributed by atoms with Crippen molar-refractivity contribution in [3.8, 4) is 0 Å². The zero-order valence-corrected chi connectivity index (χ0v) is 34.5. The predicted octanol–water partition coefficient (Wildman–Crippen LogP) is 7.45. The molecule has 1 saturated heterocycles. The summed E-state index contributed by atoms with van der Waals surface area (Å²) in [6.45, 7) is 20.9. The molecule has 2 fully saturated rings. The van der Waals surface area contributed by atoms with Crippen molar-refractivity contribution in [2.45, 2.75) is 148 Å². The number of rotatable bonds is 22. The Morgan fingerprint density at radius 3 is 1.98 bits per heavy atom. The van der Waals surface area contributed by atoms with Gasteiger partial charge in [-0.05, 0) is 87.8 Å². The van der Waals surface area contributed by atoms with Gasteiger partial charge in [0.1, 0.15) is 11.4 Å². The first-order valence-electron chi connectivity index (χ1n) is 20.4. The number of Topliss-reactive ketones (excluding diaryl/α,β-unsaturated/α-hetero) is 1. The van der Waals surface area contributed by atoms with Crippen LogP contribution in [-0.4, -0.2) is 65.6 Å². The molecule has 2 heterocycles. The molecule has 6 atom stereocenters. The minimum absolute atomic E-state index is 0. The minimum Gasteiger partial charge on any atom is -0.413 e. The number of carbonyl (C=O) groups excluding carboxylic acids is 3. The Labute approximate surface area is 335 Å². The number of benzene rings is 2. The smallest absolute Gasteiger partial charge is 0.237 e. The summed E-state index contributed by atoms with van der Waals surface area (Å²) in [5.74, 6) is 1.08. The number of epoxide rings is 1. The van der Waals surface area contributed by atoms with Gasteiger partial charge in [0.25, 0.3) is 0 Å². The molecule has 2 aromatic rings. The van der Waals surface area contributed by atoms with E-state index in [0.717, 1.165) is 37.0 Å². The zero-order valence-electron chi connectivity index (χ0n) is 34.5. The van der Waals surface area contributed by atoms with Gasteiger partial charge in [0.05, 0.1) is 30.8 Å². The van der Waals surface area contributed by atoms with Crippen molar-refractivity contribution < 1.29 is 29.7 Å². The number of allylic oxidation sites excluding steroid dienone is 1. The van der Waals surface area contributed by atoms with Crippen molar-refractivity contribution in [3.63, 3.8) is 0 Å². The zero-order chi connectivity index (χ0) is 40.2. The third kappa shape index (κ3) is 13.3. The average Bonchev–Trinajstić information content (AvgIpc) is 4.07. The third-order valence-electron chi connectivity index (χ3n) is 10.6. The number of ether oxygens (including phenoxy) is 1. The predicted molar refractivity (Wildman–Crippen MR) is 228 cm³/mol. The summed E-state index contributed by atoms with van der Waals surface area (Å²) < 4.78 is 5.53. The highest BCUT2D eigenvalue weighted by atomic mass is 16.7. The highest BCUT2D eigenvalue weighted by Gasteiger charge is 2.52. The van der Waals surface area contributed by atoms with Crippen LogP contribution in [-0.2, 0) is 36.8 Å². The Morgan fingerprint density at radius 1 is 0.873 bits per heavy atom. The van der Waals surface area contributed by atoms with E-state index in [1.165, 1.54) is 5.56 Å². The van der Waals surface area contributed by atoms with Crippen LogP contribution in [0, 0.1) is 11.8 Å². The van der Waals surface area contributed by atoms with Gasteiger partial charge in [0.2, 0.25) is 11.8 Å². The van der Waals surface area contributed by atoms with Gasteiger partial charge < -0.3 is 25.5 Å². The SMILES string of the molecule is C=C(NC(CC(C)C)C(=O)C1(C)CO1)C(Cc1ccccc1)NC(=O)C(CC(C)C)NC1(C(CCc2ccccc2)NC(=O)CC2C=C(C)ON2)CC1.CC.[HH].[HH].[HH].[HH]. The van der Waals surface area contributed by atoms with Gasteiger partial charge in [-0.25, -0.2) is 0 Å². The van der Waals surface area contributed by atoms with Crippen molar-refractivity contribution in [2.24, 2.45) is 11.8 Å². The van der Waals surface area contributed by atoms with Gasteiger partial charge in [0, 0.05) is 29.4 Å². The first-order chi connectivity index (χ1) is 26.2. The van der Waals surface area contributed by atoms with Crippen LogP contribution in [0.3, 0.4) is 0 Å². The maximum atomic E-state index is 14.5. The summed E-state index contributed by atoms with van der Waals surface area (Å²) >= 11 is 0. The number of nitrogens with one attached hydrogen (secondary N) is 5. The van der Waals surface area contributed by atoms with Crippen LogP contribution in [0.25, 0.3) is 0 Å². The fraction of sp³-hybridized carbons (Fsp3) is 0.578. The topological polar surface area (TPSA) is 133 Å². The summed E-state index contributed by atoms with van der Waals surface area (Å²) in [6, 6.07) is 18.5. The van der Waals surface area contributed by atoms with Crippen LogP contribution in [0.2, 0.25) is 0 Å². The van der Waals surface area contributed by atoms with Gasteiger partial charge in [-0.3, -0.25) is 19.7 Å². The van der Waals surface area contributed by atoms with Gasteiger partial charge in [-0.15, -0.1) is 5.48 Å². The van der Waals surface area contributed by atoms with E-state index in [4.69, 9.17) is 9.57 Å². The first-order valence-corrected chi connectivity index (χ1v) is 20.4. The summed E-state index contributed by atoms with van der Waals surface area (Å²) in [5, 5.41) is 13.9. The van der Waals surface area contributed by atoms with Crippen LogP contribution < -0.4 is 26.7 Å². The summed E-state index contributed by atoms with van der Waals surface area (Å²) in [6.07, 6.45) is 7.14. The van der Waals surface area contributed by atoms with Crippen LogP contribution in [0.1, 0.15) is 111 Å². The minimum atomic E-state index is -0.778. The molecular weight excluding hydrogens is 691 g/mol. The number of carbonyl (C=O) groups is 3. The third-order valence-corrected chi connectivity index (χ3v) is 10.6. The molecule has 5 N–H and O–H groups in total. The van der Waals surface area contributed by atoms with Gasteiger partial charge in [-0.2, -0.15) is 0 Å². The summed E-state index contributed by atoms with van der Waals surface area (Å²) in [7, 11) is 0. The van der Waals surface area contributed by atoms with E-state index in [2.05, 4.69) is 73.2 Å². The second kappa shape index (κ2) is 20.3. The van der Waals surface area contributed by atoms with E-state index in [-0.39, 0.29) is 53.6 Å². The largest absolute Gasteiger partial charge is 0.413 e. The second-order valence-corrected chi connectivity index (χ2v) is 16.4. The van der Waals surface area contributed by atoms with E-state index >= 15 is 0 Å². The fourth-order valence-electron chi connectivity index (χ4n) is 7.32. The van der Waals surface area contributed by atoms with Gasteiger partial charge in [-0.1, -0.05) is 109 Å². The summed E-state index contributed by atoms with van der Waals surface area (Å²) in [5.41, 5.74) is 4.56. The monoisotopic (exact) mass is 766 g/mol. The molecule has 2 aliphatic heterocycles. The van der Waals surface area contributed by atoms with Crippen LogP contribution >= 0.6 is 0 Å². The average molecular weight is 766 g/mol. The van der Waals surface area contributed by atoms with Crippen molar-refractivity contribution in [3.05, 3.63) is 95.9 Å². The van der Waals surface area contributed by atoms with Crippen molar-refractivity contribution in [1.82, 2.24) is 26.7 Å². The van der Waals surface area contributed by atoms with E-state index in [0.29, 0.717) is 31.6 Å². The molecule has 0 aromatic heterocycles. The lowest BCUT2D eigenvalue weighted by atomic mass is 9.92. The first kappa shape index (κ1) is 43.7. The summed E-state index contributed by atoms with van der Waals surface area (Å²) in [4.78, 5) is 46.9. The van der Waals surface area contributed by atoms with Crippen molar-refractivity contribution in [1.29, 1.82) is 0 Å². The lowest BCUT2D eigenvalue weighted by molar-refractivity contribution is -0.126. The lowest BCUT2D eigenvalue weighted by Crippen LogP contribution is -2.60. The highest BCUT2D eigenvalue weighted by Crippen LogP contribution is 2.41.